The van der Waals surface area contributed by atoms with Crippen LogP contribution in [0.1, 0.15) is 38.3 Å². The number of hydrogen-bond acceptors (Lipinski definition) is 6. The van der Waals surface area contributed by atoms with E-state index in [2.05, 4.69) is 0 Å². The molecule has 0 N–H and O–H groups in total. The summed E-state index contributed by atoms with van der Waals surface area (Å²) in [6.07, 6.45) is 1.33. The zero-order chi connectivity index (χ0) is 25.1. The molecule has 7 nitrogen and oxygen atoms in total. The van der Waals surface area contributed by atoms with Crippen LogP contribution in [0.3, 0.4) is 0 Å². The van der Waals surface area contributed by atoms with Gasteiger partial charge in [-0.15, -0.1) is 0 Å². The van der Waals surface area contributed by atoms with Crippen LogP contribution in [0, 0.1) is 17.8 Å². The molecule has 3 aliphatic rings. The molecule has 1 heterocycles. The standard InChI is InChI=1S/C28H27NO6/c1-27(2,3)35-26(33)29-21-13-9-8-12-19(21)28(25(29)32)20-15-18(22(28)24(31)34-4)23(30)17(20)14-16-10-6-5-7-11-16/h5-14,18,20,22H,15H2,1-4H3/b17-14+/t18-,20-,22-,28+/m1/s1. The van der Waals surface area contributed by atoms with Crippen molar-refractivity contribution in [3.05, 3.63) is 71.3 Å². The van der Waals surface area contributed by atoms with Crippen LogP contribution in [0.2, 0.25) is 0 Å². The number of allylic oxidation sites excluding steroid dienone is 1. The number of ketones is 1. The predicted molar refractivity (Wildman–Crippen MR) is 128 cm³/mol. The third-order valence-electron chi connectivity index (χ3n) is 7.23. The Kier molecular flexibility index (Phi) is 5.20. The lowest BCUT2D eigenvalue weighted by Gasteiger charge is -2.39. The molecule has 35 heavy (non-hydrogen) atoms. The second-order valence-corrected chi connectivity index (χ2v) is 10.3. The Bertz CT molecular complexity index is 1270. The van der Waals surface area contributed by atoms with E-state index in [4.69, 9.17) is 9.47 Å². The SMILES string of the molecule is COC(=O)[C@H]1[C@H]2C[C@H](/C(=C\c3ccccc3)C2=O)[C@]12C(=O)N(C(=O)OC(C)(C)C)c1ccccc12. The molecule has 0 saturated heterocycles. The first-order chi connectivity index (χ1) is 16.6. The van der Waals surface area contributed by atoms with Gasteiger partial charge in [-0.25, -0.2) is 9.69 Å². The maximum atomic E-state index is 14.3. The topological polar surface area (TPSA) is 90.0 Å². The largest absolute Gasteiger partial charge is 0.469 e. The maximum Gasteiger partial charge on any atom is 0.421 e. The molecule has 2 aliphatic carbocycles. The molecule has 5 rings (SSSR count). The van der Waals surface area contributed by atoms with Crippen molar-refractivity contribution in [1.82, 2.24) is 0 Å². The highest BCUT2D eigenvalue weighted by Gasteiger charge is 2.74. The van der Waals surface area contributed by atoms with E-state index < -0.39 is 46.7 Å². The highest BCUT2D eigenvalue weighted by atomic mass is 16.6. The monoisotopic (exact) mass is 473 g/mol. The Balaban J connectivity index is 1.72. The van der Waals surface area contributed by atoms with Crippen LogP contribution in [0.4, 0.5) is 10.5 Å². The van der Waals surface area contributed by atoms with Crippen molar-refractivity contribution in [2.45, 2.75) is 38.2 Å². The van der Waals surface area contributed by atoms with Crippen molar-refractivity contribution in [2.75, 3.05) is 12.0 Å². The van der Waals surface area contributed by atoms with Crippen LogP contribution in [0.25, 0.3) is 6.08 Å². The molecule has 1 spiro atoms. The van der Waals surface area contributed by atoms with Crippen LogP contribution >= 0.6 is 0 Å². The van der Waals surface area contributed by atoms with E-state index in [1.54, 1.807) is 51.1 Å². The first-order valence-electron chi connectivity index (χ1n) is 11.7. The molecule has 0 unspecified atom stereocenters. The van der Waals surface area contributed by atoms with E-state index >= 15 is 0 Å². The van der Waals surface area contributed by atoms with E-state index in [1.807, 2.05) is 30.3 Å². The van der Waals surface area contributed by atoms with Gasteiger partial charge in [-0.2, -0.15) is 0 Å². The van der Waals surface area contributed by atoms with Crippen molar-refractivity contribution >= 4 is 35.5 Å². The van der Waals surface area contributed by atoms with Gasteiger partial charge in [0.05, 0.1) is 24.1 Å². The number of methoxy groups -OCH3 is 1. The highest BCUT2D eigenvalue weighted by molar-refractivity contribution is 6.25. The number of para-hydroxylation sites is 1. The van der Waals surface area contributed by atoms with Crippen LogP contribution in [0.5, 0.6) is 0 Å². The van der Waals surface area contributed by atoms with Gasteiger partial charge in [-0.3, -0.25) is 14.4 Å². The van der Waals surface area contributed by atoms with Gasteiger partial charge in [0.15, 0.2) is 5.78 Å². The maximum absolute atomic E-state index is 14.3. The lowest BCUT2D eigenvalue weighted by molar-refractivity contribution is -0.154. The molecule has 4 atom stereocenters. The Hall–Kier alpha value is -3.74. The number of hydrogen-bond donors (Lipinski definition) is 0. The molecule has 180 valence electrons. The van der Waals surface area contributed by atoms with E-state index in [-0.39, 0.29) is 5.78 Å². The molecule has 2 aromatic rings. The average Bonchev–Trinajstić information content (AvgIpc) is 3.41. The smallest absolute Gasteiger partial charge is 0.421 e. The first-order valence-corrected chi connectivity index (χ1v) is 11.7. The molecule has 2 saturated carbocycles. The zero-order valence-corrected chi connectivity index (χ0v) is 20.1. The summed E-state index contributed by atoms with van der Waals surface area (Å²) < 4.78 is 10.7. The number of fused-ring (bicyclic) bond motifs is 5. The summed E-state index contributed by atoms with van der Waals surface area (Å²) in [7, 11) is 1.25. The van der Waals surface area contributed by atoms with Crippen molar-refractivity contribution in [3.63, 3.8) is 0 Å². The third-order valence-corrected chi connectivity index (χ3v) is 7.23. The Morgan fingerprint density at radius 1 is 1.03 bits per heavy atom. The second-order valence-electron chi connectivity index (χ2n) is 10.3. The number of benzene rings is 2. The Labute approximate surface area is 203 Å². The van der Waals surface area contributed by atoms with Crippen LogP contribution in [-0.4, -0.2) is 36.5 Å². The minimum atomic E-state index is -1.43. The average molecular weight is 474 g/mol. The molecule has 1 aliphatic heterocycles. The van der Waals surface area contributed by atoms with Gasteiger partial charge in [0.2, 0.25) is 5.91 Å². The Morgan fingerprint density at radius 3 is 2.34 bits per heavy atom. The van der Waals surface area contributed by atoms with Gasteiger partial charge < -0.3 is 9.47 Å². The van der Waals surface area contributed by atoms with Crippen LogP contribution < -0.4 is 4.90 Å². The number of Topliss-reactive ketones (excluding diaryl/α,β-unsaturated/α-hetero) is 1. The fourth-order valence-electron chi connectivity index (χ4n) is 6.06. The summed E-state index contributed by atoms with van der Waals surface area (Å²) in [4.78, 5) is 55.2. The number of ether oxygens (including phenoxy) is 2. The van der Waals surface area contributed by atoms with Crippen LogP contribution in [-0.2, 0) is 29.3 Å². The number of anilines is 1. The molecular weight excluding hydrogens is 446 g/mol. The summed E-state index contributed by atoms with van der Waals surface area (Å²) in [5.74, 6) is -3.65. The molecule has 0 radical (unpaired) electrons. The lowest BCUT2D eigenvalue weighted by Crippen LogP contribution is -2.55. The summed E-state index contributed by atoms with van der Waals surface area (Å²) in [6.45, 7) is 5.17. The summed E-state index contributed by atoms with van der Waals surface area (Å²) in [5, 5.41) is 0. The van der Waals surface area contributed by atoms with Crippen LogP contribution in [0.15, 0.2) is 60.2 Å². The van der Waals surface area contributed by atoms with Gasteiger partial charge in [0, 0.05) is 17.4 Å². The van der Waals surface area contributed by atoms with Crippen molar-refractivity contribution in [3.8, 4) is 0 Å². The molecule has 0 aromatic heterocycles. The van der Waals surface area contributed by atoms with E-state index in [0.717, 1.165) is 10.5 Å². The number of nitrogens with zero attached hydrogens (tertiary/aromatic N) is 1. The zero-order valence-electron chi connectivity index (χ0n) is 20.1. The van der Waals surface area contributed by atoms with Crippen molar-refractivity contribution < 1.29 is 28.7 Å². The first kappa shape index (κ1) is 23.0. The predicted octanol–water partition coefficient (Wildman–Crippen LogP) is 4.30. The van der Waals surface area contributed by atoms with E-state index in [0.29, 0.717) is 23.2 Å². The summed E-state index contributed by atoms with van der Waals surface area (Å²) >= 11 is 0. The lowest BCUT2D eigenvalue weighted by atomic mass is 9.60. The van der Waals surface area contributed by atoms with E-state index in [9.17, 15) is 19.2 Å². The molecule has 7 heteroatoms. The molecule has 2 bridgehead atoms. The molecular formula is C28H27NO6. The number of amides is 2. The normalized spacial score (nSPS) is 28.1. The van der Waals surface area contributed by atoms with Gasteiger partial charge >= 0.3 is 12.1 Å². The highest BCUT2D eigenvalue weighted by Crippen LogP contribution is 2.66. The number of rotatable bonds is 2. The minimum absolute atomic E-state index is 0.152. The Morgan fingerprint density at radius 2 is 1.69 bits per heavy atom. The van der Waals surface area contributed by atoms with Gasteiger partial charge in [0.25, 0.3) is 0 Å². The quantitative estimate of drug-likeness (QED) is 0.477. The van der Waals surface area contributed by atoms with Gasteiger partial charge in [-0.05, 0) is 50.5 Å². The summed E-state index contributed by atoms with van der Waals surface area (Å²) in [5.41, 5.74) is -0.0107. The fourth-order valence-corrected chi connectivity index (χ4v) is 6.06. The van der Waals surface area contributed by atoms with Gasteiger partial charge in [-0.1, -0.05) is 48.5 Å². The van der Waals surface area contributed by atoms with E-state index in [1.165, 1.54) is 7.11 Å². The molecule has 2 amide bonds. The van der Waals surface area contributed by atoms with Crippen molar-refractivity contribution in [2.24, 2.45) is 17.8 Å². The van der Waals surface area contributed by atoms with Gasteiger partial charge in [0.1, 0.15) is 5.60 Å². The minimum Gasteiger partial charge on any atom is -0.469 e. The number of carbonyl (C=O) groups excluding carboxylic acids is 4. The van der Waals surface area contributed by atoms with Crippen molar-refractivity contribution in [1.29, 1.82) is 0 Å². The second kappa shape index (κ2) is 7.90. The molecule has 2 fully saturated rings. The third kappa shape index (κ3) is 3.25. The number of imide groups is 1. The number of esters is 1. The number of carbonyl (C=O) groups is 4. The molecule has 2 aromatic carbocycles. The summed E-state index contributed by atoms with van der Waals surface area (Å²) in [6, 6.07) is 16.3. The fraction of sp³-hybridized carbons (Fsp3) is 0.357.